The topological polar surface area (TPSA) is 61.8 Å². The highest BCUT2D eigenvalue weighted by molar-refractivity contribution is 5.70. The van der Waals surface area contributed by atoms with Gasteiger partial charge in [0.1, 0.15) is 6.61 Å². The second-order valence-corrected chi connectivity index (χ2v) is 17.0. The van der Waals surface area contributed by atoms with Gasteiger partial charge in [-0.1, -0.05) is 215 Å². The summed E-state index contributed by atoms with van der Waals surface area (Å²) in [5, 5.41) is 0. The van der Waals surface area contributed by atoms with E-state index in [0.29, 0.717) is 19.4 Å². The van der Waals surface area contributed by atoms with Gasteiger partial charge in [-0.2, -0.15) is 0 Å². The van der Waals surface area contributed by atoms with Crippen LogP contribution in [0.2, 0.25) is 0 Å². The summed E-state index contributed by atoms with van der Waals surface area (Å²) in [6.45, 7) is 7.62. The fourth-order valence-corrected chi connectivity index (χ4v) is 7.04. The molecule has 0 saturated carbocycles. The van der Waals surface area contributed by atoms with Crippen LogP contribution in [0.1, 0.15) is 239 Å². The molecule has 1 unspecified atom stereocenters. The molecule has 62 heavy (non-hydrogen) atoms. The summed E-state index contributed by atoms with van der Waals surface area (Å²) in [4.78, 5) is 25.4. The highest BCUT2D eigenvalue weighted by Gasteiger charge is 2.17. The Morgan fingerprint density at radius 3 is 1.19 bits per heavy atom. The molecule has 5 heteroatoms. The molecule has 0 aromatic rings. The summed E-state index contributed by atoms with van der Waals surface area (Å²) >= 11 is 0. The van der Waals surface area contributed by atoms with E-state index in [1.54, 1.807) is 0 Å². The second-order valence-electron chi connectivity index (χ2n) is 17.0. The van der Waals surface area contributed by atoms with E-state index >= 15 is 0 Å². The molecule has 0 aliphatic carbocycles. The molecule has 0 spiro atoms. The molecule has 0 aromatic heterocycles. The SMILES string of the molecule is CC/C=C\C/C=C\C/C=C\C/C=C\C/C=C\CCCCCCOCC(COC(=O)CCCCCCC/C=C\C/C=C\CCCCC)OC(=O)CCCCCCCCCCCCC. The van der Waals surface area contributed by atoms with Crippen molar-refractivity contribution in [2.75, 3.05) is 19.8 Å². The fraction of sp³-hybridized carbons (Fsp3) is 0.719. The predicted molar refractivity (Wildman–Crippen MR) is 270 cm³/mol. The Morgan fingerprint density at radius 1 is 0.371 bits per heavy atom. The number of carbonyl (C=O) groups excluding carboxylic acids is 2. The molecule has 0 saturated heterocycles. The molecule has 1 atom stereocenters. The van der Waals surface area contributed by atoms with Crippen molar-refractivity contribution >= 4 is 11.9 Å². The maximum Gasteiger partial charge on any atom is 0.306 e. The van der Waals surface area contributed by atoms with Gasteiger partial charge in [0.2, 0.25) is 0 Å². The van der Waals surface area contributed by atoms with Crippen LogP contribution in [-0.4, -0.2) is 37.9 Å². The van der Waals surface area contributed by atoms with Gasteiger partial charge < -0.3 is 14.2 Å². The van der Waals surface area contributed by atoms with Crippen molar-refractivity contribution in [1.82, 2.24) is 0 Å². The van der Waals surface area contributed by atoms with Crippen molar-refractivity contribution in [3.8, 4) is 0 Å². The number of hydrogen-bond acceptors (Lipinski definition) is 5. The smallest absolute Gasteiger partial charge is 0.306 e. The Morgan fingerprint density at radius 2 is 0.726 bits per heavy atom. The summed E-state index contributed by atoms with van der Waals surface area (Å²) < 4.78 is 17.4. The van der Waals surface area contributed by atoms with Crippen molar-refractivity contribution in [1.29, 1.82) is 0 Å². The van der Waals surface area contributed by atoms with Crippen LogP contribution >= 0.6 is 0 Å². The average Bonchev–Trinajstić information content (AvgIpc) is 3.27. The van der Waals surface area contributed by atoms with Crippen molar-refractivity contribution in [2.24, 2.45) is 0 Å². The first-order chi connectivity index (χ1) is 30.6. The number of rotatable bonds is 47. The summed E-state index contributed by atoms with van der Waals surface area (Å²) in [7, 11) is 0. The van der Waals surface area contributed by atoms with Crippen LogP contribution in [0.4, 0.5) is 0 Å². The lowest BCUT2D eigenvalue weighted by Gasteiger charge is -2.18. The third-order valence-corrected chi connectivity index (χ3v) is 10.9. The van der Waals surface area contributed by atoms with E-state index in [4.69, 9.17) is 14.2 Å². The fourth-order valence-electron chi connectivity index (χ4n) is 7.04. The number of allylic oxidation sites excluding steroid dienone is 14. The minimum atomic E-state index is -0.556. The minimum Gasteiger partial charge on any atom is -0.462 e. The first kappa shape index (κ1) is 59.1. The van der Waals surface area contributed by atoms with Crippen molar-refractivity contribution in [3.05, 3.63) is 85.1 Å². The molecule has 0 aliphatic heterocycles. The Bertz CT molecular complexity index is 1160. The molecule has 0 N–H and O–H groups in total. The molecule has 0 fully saturated rings. The molecular weight excluding hydrogens is 765 g/mol. The Balaban J connectivity index is 4.31. The Hall–Kier alpha value is -2.92. The molecule has 0 heterocycles. The minimum absolute atomic E-state index is 0.0658. The molecule has 0 aliphatic rings. The Kier molecular flexibility index (Phi) is 50.0. The van der Waals surface area contributed by atoms with Gasteiger partial charge in [0, 0.05) is 19.4 Å². The summed E-state index contributed by atoms with van der Waals surface area (Å²) in [5.74, 6) is -0.427. The second kappa shape index (κ2) is 52.4. The maximum atomic E-state index is 12.8. The summed E-state index contributed by atoms with van der Waals surface area (Å²) in [6, 6.07) is 0. The van der Waals surface area contributed by atoms with Crippen molar-refractivity contribution in [2.45, 2.75) is 245 Å². The van der Waals surface area contributed by atoms with E-state index in [0.717, 1.165) is 96.3 Å². The van der Waals surface area contributed by atoms with Crippen LogP contribution in [0.3, 0.4) is 0 Å². The van der Waals surface area contributed by atoms with Gasteiger partial charge in [0.15, 0.2) is 6.10 Å². The third-order valence-electron chi connectivity index (χ3n) is 10.9. The summed E-state index contributed by atoms with van der Waals surface area (Å²) in [6.07, 6.45) is 68.7. The molecule has 5 nitrogen and oxygen atoms in total. The van der Waals surface area contributed by atoms with Gasteiger partial charge in [-0.3, -0.25) is 9.59 Å². The van der Waals surface area contributed by atoms with E-state index in [2.05, 4.69) is 106 Å². The van der Waals surface area contributed by atoms with Gasteiger partial charge in [0.25, 0.3) is 0 Å². The van der Waals surface area contributed by atoms with E-state index in [-0.39, 0.29) is 25.2 Å². The highest BCUT2D eigenvalue weighted by atomic mass is 16.6. The van der Waals surface area contributed by atoms with E-state index in [1.807, 2.05) is 0 Å². The van der Waals surface area contributed by atoms with Crippen molar-refractivity contribution in [3.63, 3.8) is 0 Å². The van der Waals surface area contributed by atoms with Crippen LogP contribution in [0.25, 0.3) is 0 Å². The Labute approximate surface area is 384 Å². The van der Waals surface area contributed by atoms with Gasteiger partial charge in [0.05, 0.1) is 6.61 Å². The molecule has 356 valence electrons. The predicted octanol–water partition coefficient (Wildman–Crippen LogP) is 17.7. The molecule has 0 bridgehead atoms. The van der Waals surface area contributed by atoms with E-state index < -0.39 is 6.10 Å². The van der Waals surface area contributed by atoms with Gasteiger partial charge in [-0.05, 0) is 96.3 Å². The number of ether oxygens (including phenoxy) is 3. The number of hydrogen-bond donors (Lipinski definition) is 0. The van der Waals surface area contributed by atoms with Crippen LogP contribution in [0.15, 0.2) is 85.1 Å². The van der Waals surface area contributed by atoms with Crippen LogP contribution < -0.4 is 0 Å². The largest absolute Gasteiger partial charge is 0.462 e. The van der Waals surface area contributed by atoms with E-state index in [9.17, 15) is 9.59 Å². The van der Waals surface area contributed by atoms with Crippen LogP contribution in [0.5, 0.6) is 0 Å². The lowest BCUT2D eigenvalue weighted by molar-refractivity contribution is -0.163. The normalized spacial score (nSPS) is 12.9. The maximum absolute atomic E-state index is 12.8. The molecule has 0 aromatic carbocycles. The lowest BCUT2D eigenvalue weighted by Crippen LogP contribution is -2.30. The number of unbranched alkanes of at least 4 members (excludes halogenated alkanes) is 22. The van der Waals surface area contributed by atoms with E-state index in [1.165, 1.54) is 109 Å². The third kappa shape index (κ3) is 49.7. The van der Waals surface area contributed by atoms with Gasteiger partial charge in [-0.15, -0.1) is 0 Å². The van der Waals surface area contributed by atoms with Crippen LogP contribution in [0, 0.1) is 0 Å². The first-order valence-corrected chi connectivity index (χ1v) is 26.1. The number of esters is 2. The van der Waals surface area contributed by atoms with Gasteiger partial charge >= 0.3 is 11.9 Å². The lowest BCUT2D eigenvalue weighted by atomic mass is 10.1. The standard InChI is InChI=1S/C57H98O5/c1-4-7-10-13-16-19-22-24-26-27-28-29-30-32-34-37-40-43-46-49-52-60-53-55(62-57(59)51-48-45-42-39-35-21-18-15-12-9-6-3)54-61-56(58)50-47-44-41-38-36-33-31-25-23-20-17-14-11-8-5-2/h7,10,16-17,19-20,24-26,28-29,31-32,34,55H,4-6,8-9,11-15,18,21-23,27,30,33,35-54H2,1-3H3/b10-7-,19-16-,20-17-,26-24-,29-28-,31-25-,34-32-. The number of carbonyl (C=O) groups is 2. The molecule has 0 rings (SSSR count). The molecular formula is C57H98O5. The average molecular weight is 863 g/mol. The molecule has 0 radical (unpaired) electrons. The van der Waals surface area contributed by atoms with Gasteiger partial charge in [-0.25, -0.2) is 0 Å². The first-order valence-electron chi connectivity index (χ1n) is 26.1. The zero-order valence-corrected chi connectivity index (χ0v) is 40.9. The zero-order chi connectivity index (χ0) is 44.9. The summed E-state index contributed by atoms with van der Waals surface area (Å²) in [5.41, 5.74) is 0. The quantitative estimate of drug-likeness (QED) is 0.0346. The zero-order valence-electron chi connectivity index (χ0n) is 40.9. The van der Waals surface area contributed by atoms with Crippen LogP contribution in [-0.2, 0) is 23.8 Å². The highest BCUT2D eigenvalue weighted by Crippen LogP contribution is 2.14. The van der Waals surface area contributed by atoms with Crippen molar-refractivity contribution < 1.29 is 23.8 Å². The monoisotopic (exact) mass is 863 g/mol. The molecule has 0 amide bonds.